The fourth-order valence-corrected chi connectivity index (χ4v) is 2.91. The molecule has 1 heterocycles. The molecule has 22 heavy (non-hydrogen) atoms. The van der Waals surface area contributed by atoms with Gasteiger partial charge in [-0.25, -0.2) is 0 Å². The molecule has 9 heteroatoms. The molecule has 0 saturated carbocycles. The number of nitro benzene ring substituents is 1. The quantitative estimate of drug-likeness (QED) is 0.507. The molecule has 1 aromatic rings. The van der Waals surface area contributed by atoms with Crippen molar-refractivity contribution < 1.29 is 14.5 Å². The molecule has 1 aliphatic rings. The minimum absolute atomic E-state index is 0. The standard InChI is InChI=1S/C13H17N3O4S.ClH/c1-20-11-6-10(16(18)19)9(5-12(11)21-2)13(17)15-4-3-8(14)7-15;/h5-6,8H,3-4,7,14H2,1-2H3;1H/t8-;/m1./s1. The van der Waals surface area contributed by atoms with Crippen molar-refractivity contribution in [1.82, 2.24) is 4.90 Å². The van der Waals surface area contributed by atoms with Crippen LogP contribution in [0.3, 0.4) is 0 Å². The third kappa shape index (κ3) is 3.63. The van der Waals surface area contributed by atoms with Gasteiger partial charge >= 0.3 is 0 Å². The predicted octanol–water partition coefficient (Wildman–Crippen LogP) is 1.92. The summed E-state index contributed by atoms with van der Waals surface area (Å²) in [6.07, 6.45) is 2.54. The van der Waals surface area contributed by atoms with Gasteiger partial charge in [0.2, 0.25) is 0 Å². The lowest BCUT2D eigenvalue weighted by Crippen LogP contribution is -2.32. The first-order valence-corrected chi connectivity index (χ1v) is 7.65. The molecule has 0 radical (unpaired) electrons. The summed E-state index contributed by atoms with van der Waals surface area (Å²) in [5.74, 6) is 0.0384. The lowest BCUT2D eigenvalue weighted by Gasteiger charge is -2.17. The van der Waals surface area contributed by atoms with E-state index < -0.39 is 4.92 Å². The van der Waals surface area contributed by atoms with Crippen LogP contribution in [0.5, 0.6) is 5.75 Å². The summed E-state index contributed by atoms with van der Waals surface area (Å²) in [7, 11) is 1.44. The summed E-state index contributed by atoms with van der Waals surface area (Å²) >= 11 is 1.37. The normalized spacial score (nSPS) is 17.0. The number of amides is 1. The lowest BCUT2D eigenvalue weighted by molar-refractivity contribution is -0.385. The third-order valence-corrected chi connectivity index (χ3v) is 4.20. The van der Waals surface area contributed by atoms with Crippen molar-refractivity contribution in [1.29, 1.82) is 0 Å². The summed E-state index contributed by atoms with van der Waals surface area (Å²) in [5.41, 5.74) is 5.63. The molecule has 0 aromatic heterocycles. The number of nitrogens with zero attached hydrogens (tertiary/aromatic N) is 2. The number of likely N-dealkylation sites (tertiary alicyclic amines) is 1. The molecule has 2 rings (SSSR count). The SMILES string of the molecule is COc1cc([N+](=O)[O-])c(C(=O)N2CC[C@@H](N)C2)cc1SC.Cl. The van der Waals surface area contributed by atoms with Crippen LogP contribution in [0.25, 0.3) is 0 Å². The Labute approximate surface area is 138 Å². The highest BCUT2D eigenvalue weighted by molar-refractivity contribution is 7.98. The molecule has 1 amide bonds. The number of benzene rings is 1. The van der Waals surface area contributed by atoms with E-state index in [9.17, 15) is 14.9 Å². The van der Waals surface area contributed by atoms with Crippen LogP contribution < -0.4 is 10.5 Å². The van der Waals surface area contributed by atoms with Crippen LogP contribution in [0.15, 0.2) is 17.0 Å². The zero-order chi connectivity index (χ0) is 15.6. The van der Waals surface area contributed by atoms with Crippen molar-refractivity contribution in [3.8, 4) is 5.75 Å². The minimum Gasteiger partial charge on any atom is -0.495 e. The number of methoxy groups -OCH3 is 1. The Bertz CT molecular complexity index is 585. The Morgan fingerprint density at radius 2 is 2.23 bits per heavy atom. The maximum Gasteiger partial charge on any atom is 0.285 e. The molecule has 2 N–H and O–H groups in total. The second-order valence-electron chi connectivity index (χ2n) is 4.78. The average molecular weight is 348 g/mol. The molecular weight excluding hydrogens is 330 g/mol. The number of carbonyl (C=O) groups is 1. The molecule has 1 fully saturated rings. The van der Waals surface area contributed by atoms with Crippen LogP contribution in [-0.2, 0) is 0 Å². The Kier molecular flexibility index (Phi) is 6.46. The van der Waals surface area contributed by atoms with E-state index in [0.717, 1.165) is 0 Å². The van der Waals surface area contributed by atoms with Crippen LogP contribution in [0, 0.1) is 10.1 Å². The van der Waals surface area contributed by atoms with Gasteiger partial charge < -0.3 is 15.4 Å². The van der Waals surface area contributed by atoms with E-state index in [1.165, 1.54) is 31.0 Å². The maximum absolute atomic E-state index is 12.5. The molecule has 0 aliphatic carbocycles. The summed E-state index contributed by atoms with van der Waals surface area (Å²) in [5, 5.41) is 11.2. The Balaban J connectivity index is 0.00000242. The van der Waals surface area contributed by atoms with E-state index in [2.05, 4.69) is 0 Å². The number of thioether (sulfide) groups is 1. The Hall–Kier alpha value is -1.51. The molecule has 0 unspecified atom stereocenters. The average Bonchev–Trinajstić information content (AvgIpc) is 2.91. The summed E-state index contributed by atoms with van der Waals surface area (Å²) in [6, 6.07) is 2.76. The molecule has 122 valence electrons. The molecule has 7 nitrogen and oxygen atoms in total. The third-order valence-electron chi connectivity index (χ3n) is 3.44. The molecule has 1 saturated heterocycles. The summed E-state index contributed by atoms with van der Waals surface area (Å²) in [4.78, 5) is 25.4. The highest BCUT2D eigenvalue weighted by Crippen LogP contribution is 2.35. The van der Waals surface area contributed by atoms with E-state index in [4.69, 9.17) is 10.5 Å². The monoisotopic (exact) mass is 347 g/mol. The van der Waals surface area contributed by atoms with Crippen molar-refractivity contribution in [3.05, 3.63) is 27.8 Å². The number of hydrogen-bond donors (Lipinski definition) is 1. The molecular formula is C13H18ClN3O4S. The topological polar surface area (TPSA) is 98.7 Å². The highest BCUT2D eigenvalue weighted by Gasteiger charge is 2.30. The van der Waals surface area contributed by atoms with Crippen LogP contribution in [0.2, 0.25) is 0 Å². The van der Waals surface area contributed by atoms with Crippen LogP contribution in [-0.4, -0.2) is 48.2 Å². The lowest BCUT2D eigenvalue weighted by atomic mass is 10.1. The fourth-order valence-electron chi connectivity index (χ4n) is 2.33. The van der Waals surface area contributed by atoms with Crippen molar-refractivity contribution in [3.63, 3.8) is 0 Å². The summed E-state index contributed by atoms with van der Waals surface area (Å²) < 4.78 is 5.13. The van der Waals surface area contributed by atoms with E-state index in [-0.39, 0.29) is 35.6 Å². The number of hydrogen-bond acceptors (Lipinski definition) is 6. The molecule has 1 atom stereocenters. The largest absolute Gasteiger partial charge is 0.495 e. The highest BCUT2D eigenvalue weighted by atomic mass is 35.5. The molecule has 1 aliphatic heterocycles. The first-order chi connectivity index (χ1) is 9.97. The number of carbonyl (C=O) groups excluding carboxylic acids is 1. The zero-order valence-corrected chi connectivity index (χ0v) is 13.9. The smallest absolute Gasteiger partial charge is 0.285 e. The summed E-state index contributed by atoms with van der Waals surface area (Å²) in [6.45, 7) is 0.953. The predicted molar refractivity (Wildman–Crippen MR) is 87.2 cm³/mol. The zero-order valence-electron chi connectivity index (χ0n) is 12.3. The maximum atomic E-state index is 12.5. The minimum atomic E-state index is -0.560. The van der Waals surface area contributed by atoms with E-state index >= 15 is 0 Å². The molecule has 0 bridgehead atoms. The van der Waals surface area contributed by atoms with Gasteiger partial charge in [0.1, 0.15) is 11.3 Å². The Morgan fingerprint density at radius 3 is 2.68 bits per heavy atom. The first kappa shape index (κ1) is 18.5. The number of nitro groups is 1. The molecule has 1 aromatic carbocycles. The van der Waals surface area contributed by atoms with E-state index in [1.54, 1.807) is 4.90 Å². The van der Waals surface area contributed by atoms with Gasteiger partial charge in [-0.05, 0) is 18.7 Å². The van der Waals surface area contributed by atoms with Crippen molar-refractivity contribution >= 4 is 35.8 Å². The van der Waals surface area contributed by atoms with E-state index in [0.29, 0.717) is 30.2 Å². The van der Waals surface area contributed by atoms with Gasteiger partial charge in [0.05, 0.1) is 23.0 Å². The van der Waals surface area contributed by atoms with Gasteiger partial charge in [0, 0.05) is 19.1 Å². The van der Waals surface area contributed by atoms with Gasteiger partial charge in [0.25, 0.3) is 11.6 Å². The van der Waals surface area contributed by atoms with Gasteiger partial charge in [-0.2, -0.15) is 0 Å². The van der Waals surface area contributed by atoms with Gasteiger partial charge in [-0.15, -0.1) is 24.2 Å². The van der Waals surface area contributed by atoms with Crippen molar-refractivity contribution in [2.45, 2.75) is 17.4 Å². The van der Waals surface area contributed by atoms with Gasteiger partial charge in [-0.1, -0.05) is 0 Å². The van der Waals surface area contributed by atoms with E-state index in [1.807, 2.05) is 6.26 Å². The number of halogens is 1. The van der Waals surface area contributed by atoms with Gasteiger partial charge in [-0.3, -0.25) is 14.9 Å². The Morgan fingerprint density at radius 1 is 1.55 bits per heavy atom. The molecule has 0 spiro atoms. The first-order valence-electron chi connectivity index (χ1n) is 6.43. The second-order valence-corrected chi connectivity index (χ2v) is 5.63. The second kappa shape index (κ2) is 7.66. The number of nitrogens with two attached hydrogens (primary N) is 1. The van der Waals surface area contributed by atoms with Crippen molar-refractivity contribution in [2.24, 2.45) is 5.73 Å². The fraction of sp³-hybridized carbons (Fsp3) is 0.462. The number of ether oxygens (including phenoxy) is 1. The van der Waals surface area contributed by atoms with Gasteiger partial charge in [0.15, 0.2) is 0 Å². The van der Waals surface area contributed by atoms with Crippen molar-refractivity contribution in [2.75, 3.05) is 26.5 Å². The van der Waals surface area contributed by atoms with Crippen LogP contribution in [0.4, 0.5) is 5.69 Å². The number of rotatable bonds is 4. The van der Waals surface area contributed by atoms with Crippen LogP contribution in [0.1, 0.15) is 16.8 Å². The van der Waals surface area contributed by atoms with Crippen LogP contribution >= 0.6 is 24.2 Å².